The van der Waals surface area contributed by atoms with Gasteiger partial charge in [0.2, 0.25) is 0 Å². The first kappa shape index (κ1) is 20.2. The van der Waals surface area contributed by atoms with E-state index in [1.165, 1.54) is 35.9 Å². The van der Waals surface area contributed by atoms with E-state index in [-0.39, 0.29) is 16.4 Å². The minimum atomic E-state index is -0.211. The summed E-state index contributed by atoms with van der Waals surface area (Å²) in [5, 5.41) is 9.50. The van der Waals surface area contributed by atoms with Gasteiger partial charge in [-0.25, -0.2) is 0 Å². The van der Waals surface area contributed by atoms with E-state index in [0.29, 0.717) is 12.0 Å². The summed E-state index contributed by atoms with van der Waals surface area (Å²) in [6.07, 6.45) is 4.18. The van der Waals surface area contributed by atoms with Crippen molar-refractivity contribution in [2.24, 2.45) is 0 Å². The van der Waals surface area contributed by atoms with Gasteiger partial charge in [0.25, 0.3) is 0 Å². The number of allylic oxidation sites excluding steroid dienone is 2. The number of likely N-dealkylation sites (N-methyl/N-ethyl adjacent to an activating group) is 1. The SMILES string of the molecule is CC(Sc1nnc(C(C)C)n1C1CC1)C(=O)C=C1N(C)c2ccccc2C1(C)C. The summed E-state index contributed by atoms with van der Waals surface area (Å²) in [5.41, 5.74) is 3.29. The van der Waals surface area contributed by atoms with Gasteiger partial charge >= 0.3 is 0 Å². The molecule has 5 nitrogen and oxygen atoms in total. The minimum absolute atomic E-state index is 0.120. The monoisotopic (exact) mass is 410 g/mol. The molecule has 0 saturated heterocycles. The topological polar surface area (TPSA) is 51.0 Å². The number of thioether (sulfide) groups is 1. The number of fused-ring (bicyclic) bond motifs is 1. The van der Waals surface area contributed by atoms with E-state index in [2.05, 4.69) is 65.6 Å². The van der Waals surface area contributed by atoms with E-state index < -0.39 is 0 Å². The molecule has 6 heteroatoms. The van der Waals surface area contributed by atoms with Crippen molar-refractivity contribution in [3.05, 3.63) is 47.4 Å². The number of nitrogens with zero attached hydrogens (tertiary/aromatic N) is 4. The molecule has 1 aromatic heterocycles. The molecular formula is C23H30N4OS. The molecule has 0 bridgehead atoms. The van der Waals surface area contributed by atoms with Gasteiger partial charge in [-0.1, -0.05) is 57.7 Å². The van der Waals surface area contributed by atoms with Gasteiger partial charge in [-0.3, -0.25) is 4.79 Å². The van der Waals surface area contributed by atoms with Gasteiger partial charge in [0.05, 0.1) is 5.25 Å². The maximum Gasteiger partial charge on any atom is 0.192 e. The van der Waals surface area contributed by atoms with Crippen molar-refractivity contribution in [3.8, 4) is 0 Å². The number of benzene rings is 1. The first-order valence-electron chi connectivity index (χ1n) is 10.4. The largest absolute Gasteiger partial charge is 0.347 e. The fourth-order valence-corrected chi connectivity index (χ4v) is 5.11. The van der Waals surface area contributed by atoms with Crippen LogP contribution in [0.5, 0.6) is 0 Å². The lowest BCUT2D eigenvalue weighted by Gasteiger charge is -2.24. The van der Waals surface area contributed by atoms with Crippen molar-refractivity contribution in [1.82, 2.24) is 14.8 Å². The highest BCUT2D eigenvalue weighted by atomic mass is 32.2. The van der Waals surface area contributed by atoms with E-state index in [0.717, 1.165) is 16.7 Å². The molecule has 0 amide bonds. The Labute approximate surface area is 177 Å². The lowest BCUT2D eigenvalue weighted by atomic mass is 9.83. The number of carbonyl (C=O) groups excluding carboxylic acids is 1. The molecule has 0 spiro atoms. The molecule has 0 radical (unpaired) electrons. The number of rotatable bonds is 6. The first-order valence-corrected chi connectivity index (χ1v) is 11.3. The molecule has 1 atom stereocenters. The maximum atomic E-state index is 13.1. The molecular weight excluding hydrogens is 380 g/mol. The second-order valence-corrected chi connectivity index (χ2v) is 10.3. The van der Waals surface area contributed by atoms with Crippen molar-refractivity contribution in [2.45, 2.75) is 75.2 Å². The van der Waals surface area contributed by atoms with Gasteiger partial charge in [0, 0.05) is 41.9 Å². The van der Waals surface area contributed by atoms with Crippen LogP contribution < -0.4 is 4.90 Å². The Morgan fingerprint density at radius 2 is 1.90 bits per heavy atom. The van der Waals surface area contributed by atoms with Crippen LogP contribution in [0, 0.1) is 0 Å². The third kappa shape index (κ3) is 3.52. The summed E-state index contributed by atoms with van der Waals surface area (Å²) < 4.78 is 2.26. The fourth-order valence-electron chi connectivity index (χ4n) is 4.17. The summed E-state index contributed by atoms with van der Waals surface area (Å²) in [4.78, 5) is 15.3. The number of hydrogen-bond acceptors (Lipinski definition) is 5. The Balaban J connectivity index is 1.57. The molecule has 2 heterocycles. The van der Waals surface area contributed by atoms with E-state index in [1.54, 1.807) is 0 Å². The predicted molar refractivity (Wildman–Crippen MR) is 119 cm³/mol. The van der Waals surface area contributed by atoms with Crippen molar-refractivity contribution >= 4 is 23.2 Å². The Bertz CT molecular complexity index is 971. The molecule has 1 aromatic carbocycles. The molecule has 154 valence electrons. The molecule has 29 heavy (non-hydrogen) atoms. The molecule has 1 unspecified atom stereocenters. The number of ketones is 1. The minimum Gasteiger partial charge on any atom is -0.347 e. The molecule has 1 aliphatic heterocycles. The summed E-state index contributed by atoms with van der Waals surface area (Å²) in [7, 11) is 2.04. The Kier molecular flexibility index (Phi) is 5.09. The Morgan fingerprint density at radius 3 is 2.52 bits per heavy atom. The zero-order valence-corrected chi connectivity index (χ0v) is 19.0. The summed E-state index contributed by atoms with van der Waals surface area (Å²) in [6, 6.07) is 8.88. The van der Waals surface area contributed by atoms with E-state index in [1.807, 2.05) is 26.1 Å². The number of hydrogen-bond donors (Lipinski definition) is 0. The third-order valence-electron chi connectivity index (χ3n) is 6.02. The highest BCUT2D eigenvalue weighted by Crippen LogP contribution is 2.47. The summed E-state index contributed by atoms with van der Waals surface area (Å²) >= 11 is 1.53. The van der Waals surface area contributed by atoms with Gasteiger partial charge < -0.3 is 9.47 Å². The van der Waals surface area contributed by atoms with Crippen LogP contribution in [0.2, 0.25) is 0 Å². The van der Waals surface area contributed by atoms with Crippen LogP contribution in [0.3, 0.4) is 0 Å². The van der Waals surface area contributed by atoms with Crippen molar-refractivity contribution in [2.75, 3.05) is 11.9 Å². The van der Waals surface area contributed by atoms with E-state index in [9.17, 15) is 4.79 Å². The summed E-state index contributed by atoms with van der Waals surface area (Å²) in [6.45, 7) is 10.6. The van der Waals surface area contributed by atoms with Gasteiger partial charge in [-0.2, -0.15) is 0 Å². The van der Waals surface area contributed by atoms with Crippen molar-refractivity contribution in [1.29, 1.82) is 0 Å². The fraction of sp³-hybridized carbons (Fsp3) is 0.522. The predicted octanol–water partition coefficient (Wildman–Crippen LogP) is 5.10. The normalized spacial score (nSPS) is 20.4. The Hall–Kier alpha value is -2.08. The number of anilines is 1. The maximum absolute atomic E-state index is 13.1. The van der Waals surface area contributed by atoms with E-state index in [4.69, 9.17) is 0 Å². The average Bonchev–Trinajstić information content (AvgIpc) is 3.40. The second-order valence-electron chi connectivity index (χ2n) is 8.99. The lowest BCUT2D eigenvalue weighted by molar-refractivity contribution is -0.114. The van der Waals surface area contributed by atoms with Crippen LogP contribution in [0.1, 0.15) is 70.8 Å². The number of para-hydroxylation sites is 1. The number of carbonyl (C=O) groups is 1. The Morgan fingerprint density at radius 1 is 1.21 bits per heavy atom. The molecule has 1 fully saturated rings. The number of aromatic nitrogens is 3. The average molecular weight is 411 g/mol. The zero-order valence-electron chi connectivity index (χ0n) is 18.1. The highest BCUT2D eigenvalue weighted by Gasteiger charge is 2.39. The lowest BCUT2D eigenvalue weighted by Crippen LogP contribution is -2.25. The molecule has 0 N–H and O–H groups in total. The van der Waals surface area contributed by atoms with Gasteiger partial charge in [0.15, 0.2) is 10.9 Å². The van der Waals surface area contributed by atoms with Crippen LogP contribution in [0.4, 0.5) is 5.69 Å². The van der Waals surface area contributed by atoms with Gasteiger partial charge in [-0.15, -0.1) is 10.2 Å². The molecule has 2 aliphatic rings. The molecule has 1 aliphatic carbocycles. The second kappa shape index (κ2) is 7.31. The first-order chi connectivity index (χ1) is 13.7. The van der Waals surface area contributed by atoms with Crippen LogP contribution in [0.15, 0.2) is 41.2 Å². The van der Waals surface area contributed by atoms with Crippen LogP contribution in [-0.4, -0.2) is 32.8 Å². The van der Waals surface area contributed by atoms with Crippen LogP contribution in [0.25, 0.3) is 0 Å². The standard InChI is InChI=1S/C23H30N4OS/c1-14(2)21-24-25-22(27(21)16-11-12-16)29-15(3)19(28)13-20-23(4,5)17-9-7-8-10-18(17)26(20)6/h7-10,13-16H,11-12H2,1-6H3. The quantitative estimate of drug-likeness (QED) is 0.490. The van der Waals surface area contributed by atoms with E-state index >= 15 is 0 Å². The third-order valence-corrected chi connectivity index (χ3v) is 7.10. The smallest absolute Gasteiger partial charge is 0.192 e. The van der Waals surface area contributed by atoms with Crippen molar-refractivity contribution < 1.29 is 4.79 Å². The van der Waals surface area contributed by atoms with Gasteiger partial charge in [-0.05, 0) is 31.4 Å². The van der Waals surface area contributed by atoms with Crippen LogP contribution >= 0.6 is 11.8 Å². The highest BCUT2D eigenvalue weighted by molar-refractivity contribution is 8.00. The van der Waals surface area contributed by atoms with Gasteiger partial charge in [0.1, 0.15) is 5.82 Å². The molecule has 1 saturated carbocycles. The zero-order chi connectivity index (χ0) is 20.9. The molecule has 4 rings (SSSR count). The van der Waals surface area contributed by atoms with Crippen LogP contribution in [-0.2, 0) is 10.2 Å². The van der Waals surface area contributed by atoms with Crippen molar-refractivity contribution in [3.63, 3.8) is 0 Å². The summed E-state index contributed by atoms with van der Waals surface area (Å²) in [5.74, 6) is 1.48. The molecule has 2 aromatic rings.